The monoisotopic (exact) mass is 250 g/mol. The summed E-state index contributed by atoms with van der Waals surface area (Å²) in [6.45, 7) is 2.47. The maximum Gasteiger partial charge on any atom is 0.251 e. The molecule has 17 heavy (non-hydrogen) atoms. The van der Waals surface area contributed by atoms with Crippen LogP contribution in [0.2, 0.25) is 0 Å². The maximum absolute atomic E-state index is 11.0. The predicted molar refractivity (Wildman–Crippen MR) is 67.0 cm³/mol. The van der Waals surface area contributed by atoms with E-state index in [9.17, 15) is 4.79 Å². The van der Waals surface area contributed by atoms with Crippen LogP contribution in [0.4, 0.5) is 0 Å². The Bertz CT molecular complexity index is 531. The van der Waals surface area contributed by atoms with Crippen LogP contribution in [0.5, 0.6) is 0 Å². The first-order valence-corrected chi connectivity index (χ1v) is 6.09. The third kappa shape index (κ3) is 2.22. The van der Waals surface area contributed by atoms with Gasteiger partial charge in [0.2, 0.25) is 0 Å². The van der Waals surface area contributed by atoms with E-state index in [0.29, 0.717) is 12.1 Å². The molecule has 5 nitrogen and oxygen atoms in total. The molecule has 0 aliphatic rings. The normalized spacial score (nSPS) is 12.6. The van der Waals surface area contributed by atoms with Crippen molar-refractivity contribution in [2.75, 3.05) is 6.54 Å². The Balaban J connectivity index is 2.35. The summed E-state index contributed by atoms with van der Waals surface area (Å²) in [4.78, 5) is 12.2. The molecule has 0 aliphatic heterocycles. The molecule has 6 heteroatoms. The Morgan fingerprint density at radius 3 is 2.88 bits per heavy atom. The highest BCUT2D eigenvalue weighted by atomic mass is 32.1. The minimum absolute atomic E-state index is 0.0388. The van der Waals surface area contributed by atoms with Gasteiger partial charge in [-0.1, -0.05) is 0 Å². The molecule has 1 unspecified atom stereocenters. The number of aromatic nitrogens is 2. The number of nitrogens with zero attached hydrogens (tertiary/aromatic N) is 2. The number of nitrogens with two attached hydrogens (primary N) is 2. The lowest BCUT2D eigenvalue weighted by Gasteiger charge is -2.14. The number of rotatable bonds is 4. The van der Waals surface area contributed by atoms with Crippen LogP contribution in [0.3, 0.4) is 0 Å². The number of carbonyl (C=O) groups excluding carboxylic acids is 1. The van der Waals surface area contributed by atoms with Gasteiger partial charge in [0.1, 0.15) is 0 Å². The summed E-state index contributed by atoms with van der Waals surface area (Å²) < 4.78 is 1.69. The van der Waals surface area contributed by atoms with Gasteiger partial charge in [0.15, 0.2) is 0 Å². The van der Waals surface area contributed by atoms with Crippen LogP contribution in [0.1, 0.15) is 26.8 Å². The van der Waals surface area contributed by atoms with Crippen LogP contribution in [-0.2, 0) is 0 Å². The van der Waals surface area contributed by atoms with E-state index in [1.165, 1.54) is 11.8 Å². The molecule has 2 rings (SSSR count). The third-order valence-electron chi connectivity index (χ3n) is 2.63. The predicted octanol–water partition coefficient (Wildman–Crippen LogP) is 0.900. The molecule has 4 N–H and O–H groups in total. The van der Waals surface area contributed by atoms with E-state index < -0.39 is 5.91 Å². The van der Waals surface area contributed by atoms with Crippen LogP contribution in [0.25, 0.3) is 0 Å². The quantitative estimate of drug-likeness (QED) is 0.845. The standard InChI is InChI=1S/C11H14N4OS/c1-7-2-3-17-10(7)9(4-12)15-6-8(5-14-15)11(13)16/h2-3,5-6,9H,4,12H2,1H3,(H2,13,16). The van der Waals surface area contributed by atoms with Crippen LogP contribution >= 0.6 is 11.3 Å². The topological polar surface area (TPSA) is 86.9 Å². The van der Waals surface area contributed by atoms with Gasteiger partial charge < -0.3 is 11.5 Å². The van der Waals surface area contributed by atoms with Gasteiger partial charge in [-0.05, 0) is 23.9 Å². The van der Waals surface area contributed by atoms with E-state index >= 15 is 0 Å². The van der Waals surface area contributed by atoms with Crippen LogP contribution in [-0.4, -0.2) is 22.2 Å². The minimum atomic E-state index is -0.477. The van der Waals surface area contributed by atoms with Crippen molar-refractivity contribution in [2.45, 2.75) is 13.0 Å². The van der Waals surface area contributed by atoms with Gasteiger partial charge >= 0.3 is 0 Å². The first-order valence-electron chi connectivity index (χ1n) is 5.21. The molecule has 2 aromatic heterocycles. The number of hydrogen-bond acceptors (Lipinski definition) is 4. The van der Waals surface area contributed by atoms with Crippen molar-refractivity contribution in [1.82, 2.24) is 9.78 Å². The van der Waals surface area contributed by atoms with Crippen LogP contribution in [0, 0.1) is 6.92 Å². The van der Waals surface area contributed by atoms with Crippen molar-refractivity contribution in [3.8, 4) is 0 Å². The number of carbonyl (C=O) groups is 1. The maximum atomic E-state index is 11.0. The summed E-state index contributed by atoms with van der Waals surface area (Å²) in [5.74, 6) is -0.477. The second kappa shape index (κ2) is 4.68. The number of thiophene rings is 1. The largest absolute Gasteiger partial charge is 0.366 e. The fourth-order valence-corrected chi connectivity index (χ4v) is 2.73. The molecule has 1 atom stereocenters. The Hall–Kier alpha value is -1.66. The van der Waals surface area contributed by atoms with Gasteiger partial charge in [0.25, 0.3) is 5.91 Å². The van der Waals surface area contributed by atoms with Crippen LogP contribution < -0.4 is 11.5 Å². The highest BCUT2D eigenvalue weighted by molar-refractivity contribution is 7.10. The fourth-order valence-electron chi connectivity index (χ4n) is 1.70. The molecule has 0 radical (unpaired) electrons. The Kier molecular flexibility index (Phi) is 3.26. The Morgan fingerprint density at radius 1 is 1.65 bits per heavy atom. The summed E-state index contributed by atoms with van der Waals surface area (Å²) in [6, 6.07) is 2.00. The molecular weight excluding hydrogens is 236 g/mol. The molecule has 0 spiro atoms. The molecule has 0 aliphatic carbocycles. The van der Waals surface area contributed by atoms with E-state index in [1.54, 1.807) is 22.2 Å². The number of amides is 1. The van der Waals surface area contributed by atoms with E-state index in [-0.39, 0.29) is 6.04 Å². The summed E-state index contributed by atoms with van der Waals surface area (Å²) in [7, 11) is 0. The van der Waals surface area contributed by atoms with Crippen molar-refractivity contribution in [1.29, 1.82) is 0 Å². The highest BCUT2D eigenvalue weighted by Gasteiger charge is 2.17. The number of aryl methyl sites for hydroxylation is 1. The van der Waals surface area contributed by atoms with E-state index in [4.69, 9.17) is 11.5 Å². The average molecular weight is 250 g/mol. The molecule has 2 heterocycles. The van der Waals surface area contributed by atoms with Gasteiger partial charge in [-0.2, -0.15) is 5.10 Å². The smallest absolute Gasteiger partial charge is 0.251 e. The average Bonchev–Trinajstić information content (AvgIpc) is 2.90. The van der Waals surface area contributed by atoms with Gasteiger partial charge in [-0.15, -0.1) is 11.3 Å². The lowest BCUT2D eigenvalue weighted by atomic mass is 10.2. The van der Waals surface area contributed by atoms with Crippen molar-refractivity contribution >= 4 is 17.2 Å². The lowest BCUT2D eigenvalue weighted by Crippen LogP contribution is -2.20. The fraction of sp³-hybridized carbons (Fsp3) is 0.273. The molecular formula is C11H14N4OS. The van der Waals surface area contributed by atoms with Crippen molar-refractivity contribution < 1.29 is 4.79 Å². The van der Waals surface area contributed by atoms with E-state index in [0.717, 1.165) is 4.88 Å². The summed E-state index contributed by atoms with van der Waals surface area (Å²) >= 11 is 1.64. The number of primary amides is 1. The van der Waals surface area contributed by atoms with Gasteiger partial charge in [-0.3, -0.25) is 9.48 Å². The Labute approximate surface area is 103 Å². The molecule has 0 fully saturated rings. The van der Waals surface area contributed by atoms with Gasteiger partial charge in [0.05, 0.1) is 17.8 Å². The van der Waals surface area contributed by atoms with E-state index in [2.05, 4.69) is 5.10 Å². The molecule has 2 aromatic rings. The van der Waals surface area contributed by atoms with Crippen molar-refractivity contribution in [3.63, 3.8) is 0 Å². The summed E-state index contributed by atoms with van der Waals surface area (Å²) in [5, 5.41) is 6.17. The minimum Gasteiger partial charge on any atom is -0.366 e. The number of hydrogen-bond donors (Lipinski definition) is 2. The molecule has 90 valence electrons. The highest BCUT2D eigenvalue weighted by Crippen LogP contribution is 2.26. The van der Waals surface area contributed by atoms with Crippen molar-refractivity contribution in [2.24, 2.45) is 11.5 Å². The second-order valence-electron chi connectivity index (χ2n) is 3.79. The molecule has 0 saturated carbocycles. The lowest BCUT2D eigenvalue weighted by molar-refractivity contribution is 0.1000. The first kappa shape index (κ1) is 11.8. The Morgan fingerprint density at radius 2 is 2.41 bits per heavy atom. The van der Waals surface area contributed by atoms with Gasteiger partial charge in [-0.25, -0.2) is 0 Å². The zero-order valence-electron chi connectivity index (χ0n) is 9.46. The van der Waals surface area contributed by atoms with Gasteiger partial charge in [0, 0.05) is 17.6 Å². The molecule has 1 amide bonds. The SMILES string of the molecule is Cc1ccsc1C(CN)n1cc(C(N)=O)cn1. The molecule has 0 bridgehead atoms. The summed E-state index contributed by atoms with van der Waals surface area (Å²) in [6.07, 6.45) is 3.10. The summed E-state index contributed by atoms with van der Waals surface area (Å²) in [5.41, 5.74) is 12.6. The first-order chi connectivity index (χ1) is 8.13. The third-order valence-corrected chi connectivity index (χ3v) is 3.75. The zero-order valence-corrected chi connectivity index (χ0v) is 10.3. The molecule has 0 saturated heterocycles. The molecule has 0 aromatic carbocycles. The van der Waals surface area contributed by atoms with E-state index in [1.807, 2.05) is 18.4 Å². The van der Waals surface area contributed by atoms with Crippen molar-refractivity contribution in [3.05, 3.63) is 39.8 Å². The second-order valence-corrected chi connectivity index (χ2v) is 4.74. The van der Waals surface area contributed by atoms with Crippen LogP contribution in [0.15, 0.2) is 23.8 Å². The zero-order chi connectivity index (χ0) is 12.4.